The third kappa shape index (κ3) is 4.30. The number of aromatic amines is 1. The minimum atomic E-state index is -0.570. The van der Waals surface area contributed by atoms with Crippen molar-refractivity contribution < 1.29 is 9.85 Å². The first-order valence-electron chi connectivity index (χ1n) is 10.2. The molecular weight excluding hydrogens is 454 g/mol. The number of nitrogens with one attached hydrogen (secondary N) is 3. The number of hydrogen-bond acceptors (Lipinski definition) is 9. The van der Waals surface area contributed by atoms with Gasteiger partial charge in [0, 0.05) is 39.8 Å². The Morgan fingerprint density at radius 2 is 1.49 bits per heavy atom. The predicted molar refractivity (Wildman–Crippen MR) is 130 cm³/mol. The molecule has 0 atom stereocenters. The molecule has 0 fully saturated rings. The average Bonchev–Trinajstić information content (AvgIpc) is 2.85. The Morgan fingerprint density at radius 3 is 2.17 bits per heavy atom. The molecule has 0 saturated carbocycles. The summed E-state index contributed by atoms with van der Waals surface area (Å²) in [7, 11) is 0. The van der Waals surface area contributed by atoms with Gasteiger partial charge in [0.2, 0.25) is 0 Å². The van der Waals surface area contributed by atoms with Gasteiger partial charge in [0.1, 0.15) is 12.0 Å². The van der Waals surface area contributed by atoms with Crippen molar-refractivity contribution in [2.24, 2.45) is 0 Å². The molecule has 0 amide bonds. The van der Waals surface area contributed by atoms with E-state index in [0.717, 1.165) is 6.20 Å². The molecular formula is C23H15N7O5. The van der Waals surface area contributed by atoms with Gasteiger partial charge in [0.25, 0.3) is 5.69 Å². The summed E-state index contributed by atoms with van der Waals surface area (Å²) in [6.07, 6.45) is 2.52. The highest BCUT2D eigenvalue weighted by molar-refractivity contribution is 5.95. The third-order valence-corrected chi connectivity index (χ3v) is 5.25. The number of anilines is 4. The number of pyridine rings is 3. The highest BCUT2D eigenvalue weighted by Crippen LogP contribution is 2.25. The molecule has 0 aliphatic rings. The van der Waals surface area contributed by atoms with E-state index < -0.39 is 9.85 Å². The lowest BCUT2D eigenvalue weighted by atomic mass is 10.1. The second-order valence-electron chi connectivity index (χ2n) is 7.55. The lowest BCUT2D eigenvalue weighted by Crippen LogP contribution is -2.05. The fraction of sp³-hybridized carbons (Fsp3) is 0. The van der Waals surface area contributed by atoms with Crippen LogP contribution in [0.2, 0.25) is 0 Å². The van der Waals surface area contributed by atoms with Crippen molar-refractivity contribution in [3.05, 3.63) is 104 Å². The molecule has 0 saturated heterocycles. The number of rotatable bonds is 6. The molecule has 5 rings (SSSR count). The zero-order chi connectivity index (χ0) is 24.5. The molecule has 0 radical (unpaired) electrons. The van der Waals surface area contributed by atoms with Crippen LogP contribution in [0.5, 0.6) is 0 Å². The van der Waals surface area contributed by atoms with Crippen LogP contribution in [0.3, 0.4) is 0 Å². The van der Waals surface area contributed by atoms with Crippen LogP contribution in [0.1, 0.15) is 0 Å². The molecule has 0 aliphatic heterocycles. The van der Waals surface area contributed by atoms with Crippen LogP contribution in [0.15, 0.2) is 77.9 Å². The molecule has 0 aliphatic carbocycles. The second kappa shape index (κ2) is 8.51. The lowest BCUT2D eigenvalue weighted by Gasteiger charge is -2.09. The summed E-state index contributed by atoms with van der Waals surface area (Å²) in [5.74, 6) is 0.159. The normalized spacial score (nSPS) is 10.9. The number of H-pyrrole nitrogens is 1. The highest BCUT2D eigenvalue weighted by atomic mass is 16.6. The third-order valence-electron chi connectivity index (χ3n) is 5.25. The van der Waals surface area contributed by atoms with Gasteiger partial charge in [-0.25, -0.2) is 4.98 Å². The van der Waals surface area contributed by atoms with E-state index in [0.29, 0.717) is 44.7 Å². The summed E-state index contributed by atoms with van der Waals surface area (Å²) in [6, 6.07) is 16.1. The van der Waals surface area contributed by atoms with Crippen molar-refractivity contribution in [1.82, 2.24) is 15.0 Å². The molecule has 2 aromatic carbocycles. The average molecular weight is 469 g/mol. The molecule has 3 N–H and O–H groups in total. The maximum atomic E-state index is 13.2. The van der Waals surface area contributed by atoms with Gasteiger partial charge in [0.15, 0.2) is 11.6 Å². The number of aromatic nitrogens is 3. The van der Waals surface area contributed by atoms with Crippen molar-refractivity contribution in [2.45, 2.75) is 0 Å². The van der Waals surface area contributed by atoms with Gasteiger partial charge < -0.3 is 25.7 Å². The van der Waals surface area contributed by atoms with Crippen LogP contribution in [-0.2, 0) is 0 Å². The van der Waals surface area contributed by atoms with Crippen LogP contribution >= 0.6 is 0 Å². The predicted octanol–water partition coefficient (Wildman–Crippen LogP) is 4.77. The van der Waals surface area contributed by atoms with Crippen molar-refractivity contribution in [2.75, 3.05) is 10.6 Å². The minimum Gasteiger partial charge on any atom is -0.358 e. The van der Waals surface area contributed by atoms with Gasteiger partial charge in [-0.1, -0.05) is 0 Å². The maximum Gasteiger partial charge on any atom is 0.363 e. The van der Waals surface area contributed by atoms with Crippen LogP contribution in [0.25, 0.3) is 21.8 Å². The Hall–Kier alpha value is -5.39. The van der Waals surface area contributed by atoms with E-state index in [4.69, 9.17) is 0 Å². The maximum absolute atomic E-state index is 13.2. The molecule has 172 valence electrons. The van der Waals surface area contributed by atoms with E-state index in [1.165, 1.54) is 24.4 Å². The minimum absolute atomic E-state index is 0.115. The molecule has 5 aromatic rings. The molecule has 0 spiro atoms. The molecule has 12 heteroatoms. The van der Waals surface area contributed by atoms with Crippen LogP contribution < -0.4 is 16.1 Å². The summed E-state index contributed by atoms with van der Waals surface area (Å²) in [4.78, 5) is 44.7. The van der Waals surface area contributed by atoms with Crippen LogP contribution in [0, 0.1) is 20.2 Å². The van der Waals surface area contributed by atoms with Gasteiger partial charge in [-0.2, -0.15) is 0 Å². The molecule has 35 heavy (non-hydrogen) atoms. The van der Waals surface area contributed by atoms with Gasteiger partial charge >= 0.3 is 5.82 Å². The van der Waals surface area contributed by atoms with E-state index in [9.17, 15) is 25.0 Å². The smallest absolute Gasteiger partial charge is 0.358 e. The van der Waals surface area contributed by atoms with Crippen molar-refractivity contribution in [3.63, 3.8) is 0 Å². The highest BCUT2D eigenvalue weighted by Gasteiger charge is 2.10. The fourth-order valence-corrected chi connectivity index (χ4v) is 3.58. The Labute approximate surface area is 195 Å². The Kier molecular flexibility index (Phi) is 5.22. The summed E-state index contributed by atoms with van der Waals surface area (Å²) < 4.78 is 0. The van der Waals surface area contributed by atoms with E-state index in [2.05, 4.69) is 25.6 Å². The zero-order valence-electron chi connectivity index (χ0n) is 17.8. The van der Waals surface area contributed by atoms with Crippen molar-refractivity contribution in [1.29, 1.82) is 0 Å². The van der Waals surface area contributed by atoms with E-state index in [1.54, 1.807) is 42.5 Å². The number of nitrogens with zero attached hydrogens (tertiary/aromatic N) is 4. The Bertz CT molecular complexity index is 1670. The first kappa shape index (κ1) is 21.5. The standard InChI is InChI=1S/C23H15N7O5/c31-23-17-5-1-14(26-15-3-8-22(25-11-15)30(34)35)10-20(17)28-19-6-2-13(9-18(19)23)27-21-7-4-16(12-24-21)29(32)33/h1-12,26H,(H,24,27)(H,28,31). The molecule has 12 nitrogen and oxygen atoms in total. The first-order valence-corrected chi connectivity index (χ1v) is 10.2. The second-order valence-corrected chi connectivity index (χ2v) is 7.55. The summed E-state index contributed by atoms with van der Waals surface area (Å²) >= 11 is 0. The zero-order valence-corrected chi connectivity index (χ0v) is 17.8. The summed E-state index contributed by atoms with van der Waals surface area (Å²) in [6.45, 7) is 0. The molecule has 0 bridgehead atoms. The molecule has 0 unspecified atom stereocenters. The van der Waals surface area contributed by atoms with Gasteiger partial charge in [-0.15, -0.1) is 0 Å². The number of benzene rings is 2. The number of hydrogen-bond donors (Lipinski definition) is 3. The molecule has 3 heterocycles. The first-order chi connectivity index (χ1) is 16.9. The SMILES string of the molecule is O=c1c2ccc(Nc3ccc([N+](=O)[O-])nc3)cc2[nH]c2ccc(Nc3ccc([N+](=O)[O-])cn3)cc12. The van der Waals surface area contributed by atoms with E-state index >= 15 is 0 Å². The number of nitro groups is 2. The van der Waals surface area contributed by atoms with E-state index in [1.807, 2.05) is 0 Å². The molecule has 3 aromatic heterocycles. The quantitative estimate of drug-likeness (QED) is 0.180. The van der Waals surface area contributed by atoms with Crippen LogP contribution in [0.4, 0.5) is 34.4 Å². The van der Waals surface area contributed by atoms with Crippen LogP contribution in [-0.4, -0.2) is 24.8 Å². The summed E-state index contributed by atoms with van der Waals surface area (Å²) in [5.41, 5.74) is 2.79. The topological polar surface area (TPSA) is 169 Å². The lowest BCUT2D eigenvalue weighted by molar-refractivity contribution is -0.389. The van der Waals surface area contributed by atoms with E-state index in [-0.39, 0.29) is 16.9 Å². The van der Waals surface area contributed by atoms with Gasteiger partial charge in [0.05, 0.1) is 16.1 Å². The fourth-order valence-electron chi connectivity index (χ4n) is 3.58. The van der Waals surface area contributed by atoms with Gasteiger partial charge in [-0.3, -0.25) is 14.9 Å². The largest absolute Gasteiger partial charge is 0.363 e. The van der Waals surface area contributed by atoms with Crippen molar-refractivity contribution >= 4 is 56.2 Å². The summed E-state index contributed by atoms with van der Waals surface area (Å²) in [5, 5.41) is 28.6. The van der Waals surface area contributed by atoms with Gasteiger partial charge in [-0.05, 0) is 58.4 Å². The monoisotopic (exact) mass is 469 g/mol. The number of fused-ring (bicyclic) bond motifs is 2. The van der Waals surface area contributed by atoms with Crippen molar-refractivity contribution in [3.8, 4) is 0 Å². The Morgan fingerprint density at radius 1 is 0.714 bits per heavy atom. The Balaban J connectivity index is 1.44.